The predicted molar refractivity (Wildman–Crippen MR) is 124 cm³/mol. The number of hydrogen-bond donors (Lipinski definition) is 0. The first-order valence-electron chi connectivity index (χ1n) is 10.8. The summed E-state index contributed by atoms with van der Waals surface area (Å²) in [5.41, 5.74) is 5.72. The van der Waals surface area contributed by atoms with Crippen molar-refractivity contribution >= 4 is 28.8 Å². The van der Waals surface area contributed by atoms with Crippen molar-refractivity contribution in [1.82, 2.24) is 0 Å². The molecule has 154 valence electrons. The smallest absolute Gasteiger partial charge is 0.282 e. The Kier molecular flexibility index (Phi) is 4.91. The Balaban J connectivity index is 1.66. The minimum absolute atomic E-state index is 0.259. The molecular formula is C27H24N2O2. The predicted octanol–water partition coefficient (Wildman–Crippen LogP) is 4.99. The van der Waals surface area contributed by atoms with Crippen LogP contribution in [0.2, 0.25) is 0 Å². The van der Waals surface area contributed by atoms with Crippen molar-refractivity contribution in [2.24, 2.45) is 0 Å². The summed E-state index contributed by atoms with van der Waals surface area (Å²) in [5.74, 6) is -0.525. The number of amides is 2. The molecule has 5 rings (SSSR count). The molecule has 0 radical (unpaired) electrons. The Morgan fingerprint density at radius 1 is 0.806 bits per heavy atom. The lowest BCUT2D eigenvalue weighted by atomic mass is 9.98. The standard InChI is InChI=1S/C27H24N2O2/c1-2-19-14-16-22(17-15-19)29-26(30)24(21-10-4-3-5-11-21)25(27(29)31)28-18-8-12-20-9-6-7-13-23(20)28/h3-7,9-11,13-17H,2,8,12,18H2,1H3. The lowest BCUT2D eigenvalue weighted by Gasteiger charge is -2.32. The molecular weight excluding hydrogens is 384 g/mol. The lowest BCUT2D eigenvalue weighted by Crippen LogP contribution is -2.37. The molecule has 0 fully saturated rings. The third kappa shape index (κ3) is 3.25. The highest BCUT2D eigenvalue weighted by Gasteiger charge is 2.43. The summed E-state index contributed by atoms with van der Waals surface area (Å²) in [4.78, 5) is 30.8. The summed E-state index contributed by atoms with van der Waals surface area (Å²) >= 11 is 0. The van der Waals surface area contributed by atoms with E-state index in [2.05, 4.69) is 13.0 Å². The van der Waals surface area contributed by atoms with E-state index in [-0.39, 0.29) is 11.8 Å². The molecule has 0 unspecified atom stereocenters. The average Bonchev–Trinajstić information content (AvgIpc) is 3.09. The van der Waals surface area contributed by atoms with E-state index < -0.39 is 0 Å². The fourth-order valence-electron chi connectivity index (χ4n) is 4.51. The van der Waals surface area contributed by atoms with Crippen LogP contribution in [0.1, 0.15) is 30.0 Å². The van der Waals surface area contributed by atoms with Crippen molar-refractivity contribution in [2.45, 2.75) is 26.2 Å². The van der Waals surface area contributed by atoms with Gasteiger partial charge in [0.05, 0.1) is 11.3 Å². The summed E-state index contributed by atoms with van der Waals surface area (Å²) in [6.07, 6.45) is 2.83. The van der Waals surface area contributed by atoms with Gasteiger partial charge in [0.15, 0.2) is 0 Å². The van der Waals surface area contributed by atoms with E-state index in [0.29, 0.717) is 23.5 Å². The molecule has 2 heterocycles. The zero-order valence-corrected chi connectivity index (χ0v) is 17.5. The van der Waals surface area contributed by atoms with Crippen molar-refractivity contribution in [3.63, 3.8) is 0 Å². The van der Waals surface area contributed by atoms with E-state index in [1.807, 2.05) is 77.7 Å². The van der Waals surface area contributed by atoms with Crippen LogP contribution in [0.5, 0.6) is 0 Å². The topological polar surface area (TPSA) is 40.6 Å². The third-order valence-corrected chi connectivity index (χ3v) is 6.10. The van der Waals surface area contributed by atoms with Crippen LogP contribution in [0, 0.1) is 0 Å². The molecule has 3 aromatic rings. The number of carbonyl (C=O) groups is 2. The van der Waals surface area contributed by atoms with Gasteiger partial charge in [-0.15, -0.1) is 0 Å². The maximum atomic E-state index is 13.8. The molecule has 0 N–H and O–H groups in total. The van der Waals surface area contributed by atoms with Gasteiger partial charge in [-0.1, -0.05) is 67.6 Å². The summed E-state index contributed by atoms with van der Waals surface area (Å²) in [5, 5.41) is 0. The maximum absolute atomic E-state index is 13.8. The monoisotopic (exact) mass is 408 g/mol. The first kappa shape index (κ1) is 19.3. The molecule has 0 spiro atoms. The summed E-state index contributed by atoms with van der Waals surface area (Å²) < 4.78 is 0. The van der Waals surface area contributed by atoms with Crippen LogP contribution in [0.25, 0.3) is 5.57 Å². The van der Waals surface area contributed by atoms with Gasteiger partial charge in [-0.3, -0.25) is 9.59 Å². The number of imide groups is 1. The van der Waals surface area contributed by atoms with Crippen molar-refractivity contribution in [3.05, 3.63) is 101 Å². The first-order valence-corrected chi connectivity index (χ1v) is 10.8. The summed E-state index contributed by atoms with van der Waals surface area (Å²) in [7, 11) is 0. The molecule has 0 aliphatic carbocycles. The third-order valence-electron chi connectivity index (χ3n) is 6.10. The summed E-state index contributed by atoms with van der Waals surface area (Å²) in [6.45, 7) is 2.80. The van der Waals surface area contributed by atoms with Gasteiger partial charge in [-0.05, 0) is 54.2 Å². The number of benzene rings is 3. The van der Waals surface area contributed by atoms with Crippen molar-refractivity contribution in [1.29, 1.82) is 0 Å². The Morgan fingerprint density at radius 2 is 1.52 bits per heavy atom. The number of para-hydroxylation sites is 1. The molecule has 3 aromatic carbocycles. The Morgan fingerprint density at radius 3 is 2.26 bits per heavy atom. The first-order chi connectivity index (χ1) is 15.2. The highest BCUT2D eigenvalue weighted by Crippen LogP contribution is 2.39. The molecule has 0 saturated heterocycles. The minimum Gasteiger partial charge on any atom is -0.336 e. The largest absolute Gasteiger partial charge is 0.336 e. The van der Waals surface area contributed by atoms with Crippen LogP contribution < -0.4 is 9.80 Å². The van der Waals surface area contributed by atoms with Gasteiger partial charge < -0.3 is 4.90 Å². The van der Waals surface area contributed by atoms with Gasteiger partial charge in [0.2, 0.25) is 0 Å². The second-order valence-corrected chi connectivity index (χ2v) is 7.94. The van der Waals surface area contributed by atoms with Gasteiger partial charge in [0.1, 0.15) is 5.70 Å². The molecule has 4 nitrogen and oxygen atoms in total. The fourth-order valence-corrected chi connectivity index (χ4v) is 4.51. The molecule has 0 atom stereocenters. The van der Waals surface area contributed by atoms with E-state index in [1.54, 1.807) is 0 Å². The van der Waals surface area contributed by atoms with E-state index in [9.17, 15) is 9.59 Å². The van der Waals surface area contributed by atoms with E-state index in [4.69, 9.17) is 0 Å². The second-order valence-electron chi connectivity index (χ2n) is 7.94. The van der Waals surface area contributed by atoms with E-state index >= 15 is 0 Å². The average molecular weight is 409 g/mol. The minimum atomic E-state index is -0.265. The lowest BCUT2D eigenvalue weighted by molar-refractivity contribution is -0.120. The van der Waals surface area contributed by atoms with Gasteiger partial charge in [-0.2, -0.15) is 0 Å². The van der Waals surface area contributed by atoms with Crippen LogP contribution in [0.4, 0.5) is 11.4 Å². The van der Waals surface area contributed by atoms with Gasteiger partial charge in [-0.25, -0.2) is 4.90 Å². The van der Waals surface area contributed by atoms with Crippen molar-refractivity contribution in [3.8, 4) is 0 Å². The Hall–Kier alpha value is -3.66. The normalized spacial score (nSPS) is 16.2. The zero-order chi connectivity index (χ0) is 21.4. The van der Waals surface area contributed by atoms with Crippen molar-refractivity contribution in [2.75, 3.05) is 16.3 Å². The van der Waals surface area contributed by atoms with E-state index in [0.717, 1.165) is 30.5 Å². The van der Waals surface area contributed by atoms with Crippen LogP contribution in [0.15, 0.2) is 84.6 Å². The molecule has 4 heteroatoms. The number of anilines is 2. The number of hydrogen-bond acceptors (Lipinski definition) is 3. The van der Waals surface area contributed by atoms with Crippen LogP contribution in [-0.4, -0.2) is 18.4 Å². The van der Waals surface area contributed by atoms with Gasteiger partial charge in [0, 0.05) is 12.2 Å². The Labute approximate surface area is 182 Å². The number of aryl methyl sites for hydroxylation is 2. The number of rotatable bonds is 4. The van der Waals surface area contributed by atoms with Gasteiger partial charge in [0.25, 0.3) is 11.8 Å². The van der Waals surface area contributed by atoms with Crippen LogP contribution in [0.3, 0.4) is 0 Å². The molecule has 2 amide bonds. The fraction of sp³-hybridized carbons (Fsp3) is 0.185. The highest BCUT2D eigenvalue weighted by atomic mass is 16.2. The molecule has 2 aliphatic heterocycles. The van der Waals surface area contributed by atoms with Gasteiger partial charge >= 0.3 is 0 Å². The Bertz CT molecular complexity index is 1180. The molecule has 0 aromatic heterocycles. The molecule has 2 aliphatic rings. The second kappa shape index (κ2) is 7.88. The zero-order valence-electron chi connectivity index (χ0n) is 17.5. The van der Waals surface area contributed by atoms with Crippen LogP contribution >= 0.6 is 0 Å². The van der Waals surface area contributed by atoms with Crippen molar-refractivity contribution < 1.29 is 9.59 Å². The van der Waals surface area contributed by atoms with E-state index in [1.165, 1.54) is 16.0 Å². The SMILES string of the molecule is CCc1ccc(N2C(=O)C(c3ccccc3)=C(N3CCCc4ccccc43)C2=O)cc1. The van der Waals surface area contributed by atoms with Crippen LogP contribution in [-0.2, 0) is 22.4 Å². The molecule has 0 saturated carbocycles. The molecule has 31 heavy (non-hydrogen) atoms. The maximum Gasteiger partial charge on any atom is 0.282 e. The summed E-state index contributed by atoms with van der Waals surface area (Å²) in [6, 6.07) is 25.4. The number of carbonyl (C=O) groups excluding carboxylic acids is 2. The number of fused-ring (bicyclic) bond motifs is 1. The quantitative estimate of drug-likeness (QED) is 0.571. The number of nitrogens with zero attached hydrogens (tertiary/aromatic N) is 2. The molecule has 0 bridgehead atoms. The highest BCUT2D eigenvalue weighted by molar-refractivity contribution is 6.46.